The highest BCUT2D eigenvalue weighted by Gasteiger charge is 2.63. The fourth-order valence-electron chi connectivity index (χ4n) is 3.56. The molecule has 2 rings (SSSR count). The van der Waals surface area contributed by atoms with Crippen molar-refractivity contribution in [3.63, 3.8) is 0 Å². The molecule has 1 heterocycles. The SMILES string of the molecule is CNCC1(C)CCC(N2CC(OC)(C(F)(F)F)C2)CC1. The maximum Gasteiger partial charge on any atom is 0.419 e. The number of nitrogens with zero attached hydrogens (tertiary/aromatic N) is 1. The smallest absolute Gasteiger partial charge is 0.366 e. The number of ether oxygens (including phenoxy) is 1. The molecule has 2 aliphatic rings. The summed E-state index contributed by atoms with van der Waals surface area (Å²) >= 11 is 0. The van der Waals surface area contributed by atoms with E-state index in [4.69, 9.17) is 4.74 Å². The van der Waals surface area contributed by atoms with Crippen LogP contribution in [0.1, 0.15) is 32.6 Å². The van der Waals surface area contributed by atoms with E-state index in [-0.39, 0.29) is 19.1 Å². The average Bonchev–Trinajstić information content (AvgIpc) is 2.29. The van der Waals surface area contributed by atoms with Crippen LogP contribution in [0.25, 0.3) is 0 Å². The Labute approximate surface area is 118 Å². The van der Waals surface area contributed by atoms with Gasteiger partial charge in [-0.2, -0.15) is 13.2 Å². The Morgan fingerprint density at radius 2 is 1.80 bits per heavy atom. The lowest BCUT2D eigenvalue weighted by atomic mass is 9.72. The second kappa shape index (κ2) is 5.46. The molecule has 118 valence electrons. The number of hydrogen-bond donors (Lipinski definition) is 1. The Morgan fingerprint density at radius 3 is 2.20 bits per heavy atom. The van der Waals surface area contributed by atoms with Crippen LogP contribution < -0.4 is 5.32 Å². The zero-order valence-corrected chi connectivity index (χ0v) is 12.5. The van der Waals surface area contributed by atoms with E-state index in [9.17, 15) is 13.2 Å². The number of rotatable bonds is 4. The topological polar surface area (TPSA) is 24.5 Å². The minimum absolute atomic E-state index is 0.0135. The van der Waals surface area contributed by atoms with Gasteiger partial charge in [-0.3, -0.25) is 4.90 Å². The number of halogens is 3. The van der Waals surface area contributed by atoms with Gasteiger partial charge in [0.15, 0.2) is 5.60 Å². The van der Waals surface area contributed by atoms with Gasteiger partial charge in [-0.1, -0.05) is 6.92 Å². The fraction of sp³-hybridized carbons (Fsp3) is 1.00. The molecule has 1 saturated carbocycles. The molecule has 1 aliphatic heterocycles. The van der Waals surface area contributed by atoms with Gasteiger partial charge in [0.25, 0.3) is 0 Å². The van der Waals surface area contributed by atoms with Gasteiger partial charge in [-0.15, -0.1) is 0 Å². The lowest BCUT2D eigenvalue weighted by molar-refractivity contribution is -0.316. The maximum absolute atomic E-state index is 13.0. The van der Waals surface area contributed by atoms with Crippen LogP contribution in [0.4, 0.5) is 13.2 Å². The monoisotopic (exact) mass is 294 g/mol. The zero-order valence-electron chi connectivity index (χ0n) is 12.5. The van der Waals surface area contributed by atoms with E-state index in [1.807, 2.05) is 11.9 Å². The standard InChI is InChI=1S/C14H25F3N2O/c1-12(8-18-2)6-4-11(5-7-12)19-9-13(10-19,20-3)14(15,16)17/h11,18H,4-10H2,1-3H3. The molecule has 0 atom stereocenters. The van der Waals surface area contributed by atoms with Crippen molar-refractivity contribution in [2.24, 2.45) is 5.41 Å². The quantitative estimate of drug-likeness (QED) is 0.862. The van der Waals surface area contributed by atoms with Gasteiger partial charge < -0.3 is 10.1 Å². The maximum atomic E-state index is 13.0. The predicted molar refractivity (Wildman–Crippen MR) is 71.7 cm³/mol. The fourth-order valence-corrected chi connectivity index (χ4v) is 3.56. The minimum atomic E-state index is -4.27. The molecule has 20 heavy (non-hydrogen) atoms. The summed E-state index contributed by atoms with van der Waals surface area (Å²) in [4.78, 5) is 1.94. The molecule has 1 N–H and O–H groups in total. The van der Waals surface area contributed by atoms with Crippen molar-refractivity contribution in [2.45, 2.75) is 50.4 Å². The molecule has 0 bridgehead atoms. The summed E-state index contributed by atoms with van der Waals surface area (Å²) in [7, 11) is 3.11. The van der Waals surface area contributed by atoms with Crippen LogP contribution in [0.3, 0.4) is 0 Å². The third kappa shape index (κ3) is 2.83. The van der Waals surface area contributed by atoms with E-state index < -0.39 is 11.8 Å². The molecule has 0 aromatic rings. The van der Waals surface area contributed by atoms with Crippen molar-refractivity contribution in [3.05, 3.63) is 0 Å². The third-order valence-electron chi connectivity index (χ3n) is 5.11. The highest BCUT2D eigenvalue weighted by atomic mass is 19.4. The van der Waals surface area contributed by atoms with E-state index in [1.165, 1.54) is 0 Å². The van der Waals surface area contributed by atoms with Crippen molar-refractivity contribution in [1.82, 2.24) is 10.2 Å². The Balaban J connectivity index is 1.86. The molecule has 1 saturated heterocycles. The van der Waals surface area contributed by atoms with Crippen molar-refractivity contribution in [3.8, 4) is 0 Å². The summed E-state index contributed by atoms with van der Waals surface area (Å²) in [6.07, 6.45) is -0.165. The molecule has 0 aromatic carbocycles. The number of likely N-dealkylation sites (tertiary alicyclic amines) is 1. The van der Waals surface area contributed by atoms with Gasteiger partial charge >= 0.3 is 6.18 Å². The Bertz CT molecular complexity index is 332. The van der Waals surface area contributed by atoms with Crippen LogP contribution in [0.15, 0.2) is 0 Å². The number of nitrogens with one attached hydrogen (secondary N) is 1. The van der Waals surface area contributed by atoms with E-state index in [0.717, 1.165) is 39.3 Å². The van der Waals surface area contributed by atoms with Gasteiger partial charge in [-0.05, 0) is 38.1 Å². The molecule has 0 unspecified atom stereocenters. The molecule has 1 aliphatic carbocycles. The van der Waals surface area contributed by atoms with Crippen LogP contribution in [0.2, 0.25) is 0 Å². The summed E-state index contributed by atoms with van der Waals surface area (Å²) in [6.45, 7) is 3.20. The highest BCUT2D eigenvalue weighted by Crippen LogP contribution is 2.45. The normalized spacial score (nSPS) is 34.8. The Morgan fingerprint density at radius 1 is 1.25 bits per heavy atom. The molecular weight excluding hydrogens is 269 g/mol. The summed E-state index contributed by atoms with van der Waals surface area (Å²) in [5.74, 6) is 0. The van der Waals surface area contributed by atoms with E-state index in [1.54, 1.807) is 0 Å². The van der Waals surface area contributed by atoms with Crippen LogP contribution in [0.5, 0.6) is 0 Å². The third-order valence-corrected chi connectivity index (χ3v) is 5.11. The summed E-state index contributed by atoms with van der Waals surface area (Å²) < 4.78 is 43.6. The van der Waals surface area contributed by atoms with E-state index in [2.05, 4.69) is 12.2 Å². The van der Waals surface area contributed by atoms with Crippen molar-refractivity contribution in [1.29, 1.82) is 0 Å². The molecule has 0 radical (unpaired) electrons. The summed E-state index contributed by atoms with van der Waals surface area (Å²) in [5.41, 5.74) is -1.64. The van der Waals surface area contributed by atoms with Crippen LogP contribution >= 0.6 is 0 Å². The first-order valence-electron chi connectivity index (χ1n) is 7.26. The molecule has 3 nitrogen and oxygen atoms in total. The molecule has 0 spiro atoms. The molecule has 0 aromatic heterocycles. The first-order valence-corrected chi connectivity index (χ1v) is 7.26. The zero-order chi connectivity index (χ0) is 15.0. The molecule has 0 amide bonds. The van der Waals surface area contributed by atoms with Gasteiger partial charge in [-0.25, -0.2) is 0 Å². The van der Waals surface area contributed by atoms with Crippen LogP contribution in [-0.4, -0.2) is 56.5 Å². The van der Waals surface area contributed by atoms with Crippen LogP contribution in [-0.2, 0) is 4.74 Å². The summed E-state index contributed by atoms with van der Waals surface area (Å²) in [6, 6.07) is 0.283. The number of methoxy groups -OCH3 is 1. The number of hydrogen-bond acceptors (Lipinski definition) is 3. The minimum Gasteiger partial charge on any atom is -0.366 e. The summed E-state index contributed by atoms with van der Waals surface area (Å²) in [5, 5.41) is 3.21. The second-order valence-electron chi connectivity index (χ2n) is 6.67. The number of alkyl halides is 3. The first-order chi connectivity index (χ1) is 9.25. The van der Waals surface area contributed by atoms with Crippen molar-refractivity contribution in [2.75, 3.05) is 33.8 Å². The highest BCUT2D eigenvalue weighted by molar-refractivity contribution is 5.05. The van der Waals surface area contributed by atoms with Crippen LogP contribution in [0, 0.1) is 5.41 Å². The Hall–Kier alpha value is -0.330. The van der Waals surface area contributed by atoms with Gasteiger partial charge in [0.05, 0.1) is 0 Å². The molecular formula is C14H25F3N2O. The molecule has 6 heteroatoms. The lowest BCUT2D eigenvalue weighted by Gasteiger charge is -2.54. The van der Waals surface area contributed by atoms with Crippen molar-refractivity contribution < 1.29 is 17.9 Å². The van der Waals surface area contributed by atoms with E-state index in [0.29, 0.717) is 5.41 Å². The second-order valence-corrected chi connectivity index (χ2v) is 6.67. The van der Waals surface area contributed by atoms with Gasteiger partial charge in [0, 0.05) is 32.8 Å². The van der Waals surface area contributed by atoms with Gasteiger partial charge in [0.1, 0.15) is 0 Å². The first kappa shape index (κ1) is 16.0. The lowest BCUT2D eigenvalue weighted by Crippen LogP contribution is -2.72. The predicted octanol–water partition coefficient (Wildman–Crippen LogP) is 2.42. The van der Waals surface area contributed by atoms with Gasteiger partial charge in [0.2, 0.25) is 0 Å². The van der Waals surface area contributed by atoms with E-state index >= 15 is 0 Å². The Kier molecular flexibility index (Phi) is 4.38. The van der Waals surface area contributed by atoms with Crippen molar-refractivity contribution >= 4 is 0 Å². The molecule has 2 fully saturated rings. The average molecular weight is 294 g/mol. The largest absolute Gasteiger partial charge is 0.419 e.